The van der Waals surface area contributed by atoms with Gasteiger partial charge >= 0.3 is 0 Å². The Bertz CT molecular complexity index is 463. The number of aryl methyl sites for hydroxylation is 1. The number of aromatic nitrogens is 4. The third-order valence-corrected chi connectivity index (χ3v) is 5.21. The number of hydrogen-bond donors (Lipinski definition) is 1. The SMILES string of the molecule is CCCCn1nnnc1CN1CCC2(O)CCCCC2C1. The smallest absolute Gasteiger partial charge is 0.165 e. The van der Waals surface area contributed by atoms with Crippen molar-refractivity contribution in [3.8, 4) is 0 Å². The molecule has 1 aliphatic heterocycles. The highest BCUT2D eigenvalue weighted by atomic mass is 16.3. The molecule has 1 saturated heterocycles. The summed E-state index contributed by atoms with van der Waals surface area (Å²) in [7, 11) is 0. The van der Waals surface area contributed by atoms with Gasteiger partial charge in [-0.15, -0.1) is 5.10 Å². The van der Waals surface area contributed by atoms with E-state index in [-0.39, 0.29) is 0 Å². The first kappa shape index (κ1) is 14.9. The van der Waals surface area contributed by atoms with Crippen LogP contribution in [0.4, 0.5) is 0 Å². The van der Waals surface area contributed by atoms with Crippen LogP contribution in [0.2, 0.25) is 0 Å². The molecule has 0 spiro atoms. The minimum absolute atomic E-state index is 0.400. The highest BCUT2D eigenvalue weighted by molar-refractivity contribution is 4.96. The van der Waals surface area contributed by atoms with E-state index in [0.29, 0.717) is 5.92 Å². The number of hydrogen-bond acceptors (Lipinski definition) is 5. The van der Waals surface area contributed by atoms with Crippen molar-refractivity contribution in [2.45, 2.75) is 70.6 Å². The van der Waals surface area contributed by atoms with Gasteiger partial charge in [0.15, 0.2) is 5.82 Å². The van der Waals surface area contributed by atoms with Crippen molar-refractivity contribution < 1.29 is 5.11 Å². The highest BCUT2D eigenvalue weighted by Gasteiger charge is 2.42. The van der Waals surface area contributed by atoms with Gasteiger partial charge in [0, 0.05) is 25.6 Å². The molecule has 3 rings (SSSR count). The number of unbranched alkanes of at least 4 members (excludes halogenated alkanes) is 1. The number of aliphatic hydroxyl groups is 1. The maximum atomic E-state index is 10.7. The number of likely N-dealkylation sites (tertiary alicyclic amines) is 1. The molecule has 1 N–H and O–H groups in total. The van der Waals surface area contributed by atoms with E-state index in [9.17, 15) is 5.11 Å². The molecule has 21 heavy (non-hydrogen) atoms. The second kappa shape index (κ2) is 6.40. The highest BCUT2D eigenvalue weighted by Crippen LogP contribution is 2.39. The van der Waals surface area contributed by atoms with Gasteiger partial charge in [0.25, 0.3) is 0 Å². The summed E-state index contributed by atoms with van der Waals surface area (Å²) >= 11 is 0. The van der Waals surface area contributed by atoms with E-state index in [2.05, 4.69) is 27.3 Å². The molecule has 1 aromatic rings. The van der Waals surface area contributed by atoms with E-state index in [0.717, 1.165) is 64.1 Å². The monoisotopic (exact) mass is 293 g/mol. The first-order valence-electron chi connectivity index (χ1n) is 8.41. The van der Waals surface area contributed by atoms with Gasteiger partial charge in [-0.3, -0.25) is 4.90 Å². The van der Waals surface area contributed by atoms with Crippen LogP contribution in [-0.2, 0) is 13.1 Å². The minimum atomic E-state index is -0.400. The maximum absolute atomic E-state index is 10.7. The Labute approximate surface area is 126 Å². The molecule has 0 aromatic carbocycles. The molecule has 2 aliphatic rings. The average Bonchev–Trinajstić information content (AvgIpc) is 2.92. The van der Waals surface area contributed by atoms with Crippen LogP contribution in [-0.4, -0.2) is 48.9 Å². The molecule has 0 amide bonds. The zero-order chi connectivity index (χ0) is 14.7. The second-order valence-electron chi connectivity index (χ2n) is 6.70. The predicted octanol–water partition coefficient (Wildman–Crippen LogP) is 1.60. The maximum Gasteiger partial charge on any atom is 0.165 e. The number of fused-ring (bicyclic) bond motifs is 1. The molecule has 2 fully saturated rings. The molecule has 2 atom stereocenters. The lowest BCUT2D eigenvalue weighted by atomic mass is 9.71. The fourth-order valence-electron chi connectivity index (χ4n) is 3.80. The van der Waals surface area contributed by atoms with Crippen LogP contribution in [0.3, 0.4) is 0 Å². The van der Waals surface area contributed by atoms with Crippen LogP contribution in [0.25, 0.3) is 0 Å². The molecule has 1 saturated carbocycles. The van der Waals surface area contributed by atoms with Crippen molar-refractivity contribution in [1.29, 1.82) is 0 Å². The van der Waals surface area contributed by atoms with Crippen molar-refractivity contribution in [2.75, 3.05) is 13.1 Å². The normalized spacial score (nSPS) is 30.3. The Morgan fingerprint density at radius 2 is 2.24 bits per heavy atom. The summed E-state index contributed by atoms with van der Waals surface area (Å²) in [6.07, 6.45) is 7.75. The topological polar surface area (TPSA) is 67.1 Å². The lowest BCUT2D eigenvalue weighted by molar-refractivity contribution is -0.0972. The largest absolute Gasteiger partial charge is 0.390 e. The van der Waals surface area contributed by atoms with Crippen LogP contribution in [0.5, 0.6) is 0 Å². The third-order valence-electron chi connectivity index (χ3n) is 5.21. The lowest BCUT2D eigenvalue weighted by Gasteiger charge is -2.47. The molecule has 118 valence electrons. The summed E-state index contributed by atoms with van der Waals surface area (Å²) in [4.78, 5) is 2.42. The Morgan fingerprint density at radius 1 is 1.33 bits per heavy atom. The van der Waals surface area contributed by atoms with E-state index in [1.54, 1.807) is 0 Å². The summed E-state index contributed by atoms with van der Waals surface area (Å²) in [5.41, 5.74) is -0.400. The molecule has 1 aliphatic carbocycles. The minimum Gasteiger partial charge on any atom is -0.390 e. The number of piperidine rings is 1. The van der Waals surface area contributed by atoms with E-state index in [1.807, 2.05) is 4.68 Å². The Kier molecular flexibility index (Phi) is 4.54. The van der Waals surface area contributed by atoms with Crippen molar-refractivity contribution in [3.05, 3.63) is 5.82 Å². The number of nitrogens with zero attached hydrogens (tertiary/aromatic N) is 5. The number of tetrazole rings is 1. The van der Waals surface area contributed by atoms with Crippen LogP contribution >= 0.6 is 0 Å². The Balaban J connectivity index is 1.60. The third kappa shape index (κ3) is 3.26. The van der Waals surface area contributed by atoms with E-state index in [1.165, 1.54) is 12.8 Å². The molecule has 6 heteroatoms. The second-order valence-corrected chi connectivity index (χ2v) is 6.70. The first-order valence-corrected chi connectivity index (χ1v) is 8.41. The van der Waals surface area contributed by atoms with Gasteiger partial charge in [-0.05, 0) is 36.1 Å². The van der Waals surface area contributed by atoms with Crippen molar-refractivity contribution in [3.63, 3.8) is 0 Å². The first-order chi connectivity index (χ1) is 10.2. The molecule has 0 bridgehead atoms. The van der Waals surface area contributed by atoms with Gasteiger partial charge in [-0.1, -0.05) is 26.2 Å². The molecule has 1 aromatic heterocycles. The molecule has 0 radical (unpaired) electrons. The van der Waals surface area contributed by atoms with Gasteiger partial charge in [0.2, 0.25) is 0 Å². The fourth-order valence-corrected chi connectivity index (χ4v) is 3.80. The quantitative estimate of drug-likeness (QED) is 0.893. The van der Waals surface area contributed by atoms with E-state index in [4.69, 9.17) is 0 Å². The van der Waals surface area contributed by atoms with Crippen LogP contribution < -0.4 is 0 Å². The van der Waals surface area contributed by atoms with E-state index >= 15 is 0 Å². The molecule has 2 unspecified atom stereocenters. The standard InChI is InChI=1S/C15H27N5O/c1-2-3-9-20-14(16-17-18-20)12-19-10-8-15(21)7-5-4-6-13(15)11-19/h13,21H,2-12H2,1H3. The summed E-state index contributed by atoms with van der Waals surface area (Å²) in [5, 5.41) is 22.8. The zero-order valence-corrected chi connectivity index (χ0v) is 13.0. The van der Waals surface area contributed by atoms with Gasteiger partial charge in [0.1, 0.15) is 0 Å². The summed E-state index contributed by atoms with van der Waals surface area (Å²) in [6, 6.07) is 0. The van der Waals surface area contributed by atoms with Gasteiger partial charge < -0.3 is 5.11 Å². The number of rotatable bonds is 5. The van der Waals surface area contributed by atoms with Crippen molar-refractivity contribution >= 4 is 0 Å². The lowest BCUT2D eigenvalue weighted by Crippen LogP contribution is -2.53. The Morgan fingerprint density at radius 3 is 3.10 bits per heavy atom. The average molecular weight is 293 g/mol. The molecule has 2 heterocycles. The summed E-state index contributed by atoms with van der Waals surface area (Å²) in [5.74, 6) is 1.39. The van der Waals surface area contributed by atoms with E-state index < -0.39 is 5.60 Å². The van der Waals surface area contributed by atoms with Gasteiger partial charge in [-0.25, -0.2) is 4.68 Å². The van der Waals surface area contributed by atoms with Gasteiger partial charge in [-0.2, -0.15) is 0 Å². The molecule has 6 nitrogen and oxygen atoms in total. The van der Waals surface area contributed by atoms with Crippen molar-refractivity contribution in [2.24, 2.45) is 5.92 Å². The van der Waals surface area contributed by atoms with Crippen LogP contribution in [0.15, 0.2) is 0 Å². The summed E-state index contributed by atoms with van der Waals surface area (Å²) in [6.45, 7) is 5.83. The molecular formula is C15H27N5O. The predicted molar refractivity (Wildman–Crippen MR) is 79.5 cm³/mol. The van der Waals surface area contributed by atoms with Crippen molar-refractivity contribution in [1.82, 2.24) is 25.1 Å². The van der Waals surface area contributed by atoms with Crippen LogP contribution in [0, 0.1) is 5.92 Å². The zero-order valence-electron chi connectivity index (χ0n) is 13.0. The fraction of sp³-hybridized carbons (Fsp3) is 0.933. The van der Waals surface area contributed by atoms with Gasteiger partial charge in [0.05, 0.1) is 12.1 Å². The van der Waals surface area contributed by atoms with Crippen LogP contribution in [0.1, 0.15) is 57.7 Å². The molecular weight excluding hydrogens is 266 g/mol. The Hall–Kier alpha value is -1.01. The summed E-state index contributed by atoms with van der Waals surface area (Å²) < 4.78 is 1.94.